The van der Waals surface area contributed by atoms with E-state index < -0.39 is 16.4 Å². The number of methoxy groups -OCH3 is 1. The van der Waals surface area contributed by atoms with Crippen LogP contribution in [0.5, 0.6) is 11.5 Å². The molecule has 9 heteroatoms. The van der Waals surface area contributed by atoms with Crippen molar-refractivity contribution in [3.05, 3.63) is 58.1 Å². The van der Waals surface area contributed by atoms with Gasteiger partial charge in [0.2, 0.25) is 0 Å². The van der Waals surface area contributed by atoms with Gasteiger partial charge in [-0.1, -0.05) is 12.1 Å². The van der Waals surface area contributed by atoms with E-state index in [1.165, 1.54) is 24.4 Å². The third kappa shape index (κ3) is 4.40. The zero-order chi connectivity index (χ0) is 17.5. The number of hydrogen-bond acceptors (Lipinski definition) is 6. The van der Waals surface area contributed by atoms with Crippen LogP contribution in [0.1, 0.15) is 5.56 Å². The predicted molar refractivity (Wildman–Crippen MR) is 94.7 cm³/mol. The third-order valence-corrected chi connectivity index (χ3v) is 3.12. The number of anilines is 1. The fraction of sp³-hybridized carbons (Fsp3) is 0.0667. The number of thiocarbonyl (C=S) groups is 1. The third-order valence-electron chi connectivity index (χ3n) is 2.93. The fourth-order valence-corrected chi connectivity index (χ4v) is 1.99. The molecule has 24 heavy (non-hydrogen) atoms. The minimum Gasteiger partial charge on any atom is -0.502 e. The number of phenols is 1. The Labute approximate surface area is 142 Å². The van der Waals surface area contributed by atoms with Crippen LogP contribution in [0.2, 0.25) is 0 Å². The van der Waals surface area contributed by atoms with E-state index in [1.807, 2.05) is 12.1 Å². The van der Waals surface area contributed by atoms with Gasteiger partial charge < -0.3 is 15.2 Å². The van der Waals surface area contributed by atoms with Crippen molar-refractivity contribution in [3.63, 3.8) is 0 Å². The van der Waals surface area contributed by atoms with Gasteiger partial charge in [-0.3, -0.25) is 15.5 Å². The average Bonchev–Trinajstić information content (AvgIpc) is 2.56. The number of hydrogen-bond donors (Lipinski definition) is 3. The first-order valence-corrected chi connectivity index (χ1v) is 7.12. The lowest BCUT2D eigenvalue weighted by atomic mass is 10.2. The molecular formula is C15H14N4O4S. The zero-order valence-electron chi connectivity index (χ0n) is 12.6. The van der Waals surface area contributed by atoms with E-state index in [9.17, 15) is 15.2 Å². The number of rotatable bonds is 5. The molecule has 2 aromatic carbocycles. The number of nitrogens with zero attached hydrogens (tertiary/aromatic N) is 2. The van der Waals surface area contributed by atoms with Gasteiger partial charge in [-0.2, -0.15) is 5.10 Å². The van der Waals surface area contributed by atoms with Crippen LogP contribution in [0.25, 0.3) is 0 Å². The molecule has 8 nitrogen and oxygen atoms in total. The summed E-state index contributed by atoms with van der Waals surface area (Å²) in [5.41, 5.74) is 3.31. The quantitative estimate of drug-likeness (QED) is 0.330. The molecule has 0 fully saturated rings. The zero-order valence-corrected chi connectivity index (χ0v) is 13.4. The molecule has 2 aromatic rings. The van der Waals surface area contributed by atoms with Crippen molar-refractivity contribution in [2.75, 3.05) is 12.4 Å². The Morgan fingerprint density at radius 3 is 2.83 bits per heavy atom. The monoisotopic (exact) mass is 346 g/mol. The molecule has 0 radical (unpaired) electrons. The van der Waals surface area contributed by atoms with Crippen molar-refractivity contribution >= 4 is 34.9 Å². The van der Waals surface area contributed by atoms with Crippen molar-refractivity contribution in [1.82, 2.24) is 5.43 Å². The van der Waals surface area contributed by atoms with E-state index in [-0.39, 0.29) is 5.11 Å². The van der Waals surface area contributed by atoms with Gasteiger partial charge >= 0.3 is 5.69 Å². The van der Waals surface area contributed by atoms with E-state index in [0.29, 0.717) is 17.0 Å². The van der Waals surface area contributed by atoms with E-state index in [4.69, 9.17) is 17.0 Å². The smallest absolute Gasteiger partial charge is 0.311 e. The first-order valence-electron chi connectivity index (χ1n) is 6.71. The Morgan fingerprint density at radius 1 is 1.38 bits per heavy atom. The lowest BCUT2D eigenvalue weighted by Crippen LogP contribution is -2.24. The molecule has 0 amide bonds. The molecule has 0 aliphatic rings. The summed E-state index contributed by atoms with van der Waals surface area (Å²) in [7, 11) is 1.55. The van der Waals surface area contributed by atoms with Crippen LogP contribution in [-0.2, 0) is 0 Å². The molecule has 0 saturated carbocycles. The van der Waals surface area contributed by atoms with Crippen molar-refractivity contribution < 1.29 is 14.8 Å². The number of benzene rings is 2. The largest absolute Gasteiger partial charge is 0.502 e. The van der Waals surface area contributed by atoms with Crippen molar-refractivity contribution in [3.8, 4) is 11.5 Å². The van der Waals surface area contributed by atoms with Gasteiger partial charge in [0.15, 0.2) is 10.9 Å². The maximum atomic E-state index is 10.8. The van der Waals surface area contributed by atoms with E-state index >= 15 is 0 Å². The summed E-state index contributed by atoms with van der Waals surface area (Å²) in [6.07, 6.45) is 1.35. The highest BCUT2D eigenvalue weighted by atomic mass is 32.1. The van der Waals surface area contributed by atoms with Gasteiger partial charge in [0, 0.05) is 11.6 Å². The molecule has 0 saturated heterocycles. The van der Waals surface area contributed by atoms with Gasteiger partial charge in [0.05, 0.1) is 23.9 Å². The number of hydrazone groups is 1. The second kappa shape index (κ2) is 7.88. The first-order chi connectivity index (χ1) is 11.5. The number of nitrogens with one attached hydrogen (secondary N) is 2. The van der Waals surface area contributed by atoms with E-state index in [0.717, 1.165) is 0 Å². The second-order valence-corrected chi connectivity index (χ2v) is 4.94. The fourth-order valence-electron chi connectivity index (χ4n) is 1.83. The number of nitro groups is 1. The summed E-state index contributed by atoms with van der Waals surface area (Å²) in [6, 6.07) is 11.2. The van der Waals surface area contributed by atoms with Crippen LogP contribution in [0.15, 0.2) is 47.6 Å². The molecule has 124 valence electrons. The van der Waals surface area contributed by atoms with Crippen molar-refractivity contribution in [2.24, 2.45) is 5.10 Å². The molecule has 0 heterocycles. The Morgan fingerprint density at radius 2 is 2.12 bits per heavy atom. The van der Waals surface area contributed by atoms with Gasteiger partial charge in [-0.05, 0) is 36.5 Å². The highest BCUT2D eigenvalue weighted by Gasteiger charge is 2.12. The maximum absolute atomic E-state index is 10.8. The second-order valence-electron chi connectivity index (χ2n) is 4.53. The minimum atomic E-state index is -0.673. The molecular weight excluding hydrogens is 332 g/mol. The molecule has 2 rings (SSSR count). The average molecular weight is 346 g/mol. The van der Waals surface area contributed by atoms with Gasteiger partial charge in [-0.25, -0.2) is 0 Å². The van der Waals surface area contributed by atoms with E-state index in [2.05, 4.69) is 15.8 Å². The number of para-hydroxylation sites is 2. The lowest BCUT2D eigenvalue weighted by Gasteiger charge is -2.10. The molecule has 0 aromatic heterocycles. The number of phenolic OH excluding ortho intramolecular Hbond substituents is 1. The summed E-state index contributed by atoms with van der Waals surface area (Å²) in [5, 5.41) is 27.2. The minimum absolute atomic E-state index is 0.226. The molecule has 0 aliphatic heterocycles. The van der Waals surface area contributed by atoms with E-state index in [1.54, 1.807) is 19.2 Å². The summed E-state index contributed by atoms with van der Waals surface area (Å²) < 4.78 is 5.19. The molecule has 0 unspecified atom stereocenters. The van der Waals surface area contributed by atoms with Crippen LogP contribution in [0.4, 0.5) is 11.4 Å². The van der Waals surface area contributed by atoms with Crippen LogP contribution in [-0.4, -0.2) is 28.5 Å². The maximum Gasteiger partial charge on any atom is 0.311 e. The summed E-state index contributed by atoms with van der Waals surface area (Å²) >= 11 is 5.11. The Bertz CT molecular complexity index is 795. The first kappa shape index (κ1) is 17.2. The number of ether oxygens (including phenoxy) is 1. The number of nitro benzene ring substituents is 1. The SMILES string of the molecule is COc1ccccc1NC(=S)N/N=C\c1ccc(O)c([N+](=O)[O-])c1. The van der Waals surface area contributed by atoms with Crippen molar-refractivity contribution in [1.29, 1.82) is 0 Å². The van der Waals surface area contributed by atoms with Crippen molar-refractivity contribution in [2.45, 2.75) is 0 Å². The lowest BCUT2D eigenvalue weighted by molar-refractivity contribution is -0.385. The Balaban J connectivity index is 2.00. The van der Waals surface area contributed by atoms with Gasteiger partial charge in [-0.15, -0.1) is 0 Å². The topological polar surface area (TPSA) is 109 Å². The molecule has 0 spiro atoms. The van der Waals surface area contributed by atoms with Crippen LogP contribution < -0.4 is 15.5 Å². The Hall–Kier alpha value is -3.20. The molecule has 0 bridgehead atoms. The highest BCUT2D eigenvalue weighted by molar-refractivity contribution is 7.80. The summed E-state index contributed by atoms with van der Waals surface area (Å²) in [5.74, 6) is 0.221. The molecule has 0 aliphatic carbocycles. The summed E-state index contributed by atoms with van der Waals surface area (Å²) in [4.78, 5) is 10.1. The van der Waals surface area contributed by atoms with Gasteiger partial charge in [0.1, 0.15) is 5.75 Å². The molecule has 0 atom stereocenters. The standard InChI is InChI=1S/C15H14N4O4S/c1-23-14-5-3-2-4-11(14)17-15(24)18-16-9-10-6-7-13(20)12(8-10)19(21)22/h2-9,20H,1H3,(H2,17,18,24)/b16-9-. The van der Waals surface area contributed by atoms with Gasteiger partial charge in [0.25, 0.3) is 0 Å². The predicted octanol–water partition coefficient (Wildman–Crippen LogP) is 2.63. The Kier molecular flexibility index (Phi) is 5.63. The molecule has 3 N–H and O–H groups in total. The normalized spacial score (nSPS) is 10.4. The van der Waals surface area contributed by atoms with Crippen LogP contribution in [0.3, 0.4) is 0 Å². The number of aromatic hydroxyl groups is 1. The summed E-state index contributed by atoms with van der Waals surface area (Å²) in [6.45, 7) is 0. The van der Waals surface area contributed by atoms with Crippen LogP contribution >= 0.6 is 12.2 Å². The van der Waals surface area contributed by atoms with Crippen LogP contribution in [0, 0.1) is 10.1 Å². The highest BCUT2D eigenvalue weighted by Crippen LogP contribution is 2.25.